The largest absolute Gasteiger partial charge is 3.00 e. The van der Waals surface area contributed by atoms with Crippen molar-refractivity contribution in [2.75, 3.05) is 19.8 Å². The molecule has 0 bridgehead atoms. The van der Waals surface area contributed by atoms with Crippen LogP contribution in [0, 0.1) is 0 Å². The Labute approximate surface area is 439 Å². The number of rotatable bonds is 18. The molecule has 0 amide bonds. The Morgan fingerprint density at radius 1 is 0.425 bits per heavy atom. The molecule has 0 aliphatic carbocycles. The second-order valence-corrected chi connectivity index (χ2v) is 18.1. The summed E-state index contributed by atoms with van der Waals surface area (Å²) in [5.74, 6) is 0.507. The van der Waals surface area contributed by atoms with Gasteiger partial charge in [-0.05, 0) is 110 Å². The quantitative estimate of drug-likeness (QED) is 0.0745. The number of para-hydroxylation sites is 3. The van der Waals surface area contributed by atoms with Crippen molar-refractivity contribution in [1.82, 2.24) is 0 Å². The van der Waals surface area contributed by atoms with Gasteiger partial charge < -0.3 is 58.1 Å². The van der Waals surface area contributed by atoms with Gasteiger partial charge in [0.1, 0.15) is 34.5 Å². The fourth-order valence-electron chi connectivity index (χ4n) is 9.15. The molecule has 3 aliphatic heterocycles. The number of benzene rings is 6. The molecule has 0 saturated heterocycles. The molecule has 0 saturated carbocycles. The normalized spacial score (nSPS) is 13.4. The molecule has 3 heterocycles. The standard InChI is InChI=1S/3C20H22O4.Cr/c3*1-3-4-11-23-13(2)15-9-10-18-16(19(15)20(21)22)12-14-7-5-6-8-17(14)24-18;/h3*5-10,13H,3-4,11-12H2,1-2H3,(H,21,22);/q;;;+3/p-3. The summed E-state index contributed by atoms with van der Waals surface area (Å²) in [6.07, 6.45) is 6.62. The predicted molar refractivity (Wildman–Crippen MR) is 268 cm³/mol. The Morgan fingerprint density at radius 2 is 0.685 bits per heavy atom. The number of carboxylic acids is 3. The van der Waals surface area contributed by atoms with E-state index in [-0.39, 0.29) is 52.4 Å². The SMILES string of the molecule is CCCCOC(C)c1ccc2c(c1C(=O)[O-])Cc1ccccc1O2.CCCCOC(C)c1ccc2c(c1C(=O)[O-])Cc1ccccc1O2.CCCCOC(C)c1ccc2c(c1C(=O)[O-])Cc1ccccc1O2.[Cr+3]. The number of hydrogen-bond donors (Lipinski definition) is 0. The Kier molecular flexibility index (Phi) is 20.3. The van der Waals surface area contributed by atoms with E-state index in [1.165, 1.54) is 0 Å². The molecular weight excluding hydrogens is 965 g/mol. The molecule has 0 fully saturated rings. The van der Waals surface area contributed by atoms with Gasteiger partial charge in [0, 0.05) is 72.5 Å². The smallest absolute Gasteiger partial charge is 0.545 e. The van der Waals surface area contributed by atoms with E-state index in [1.807, 2.05) is 112 Å². The summed E-state index contributed by atoms with van der Waals surface area (Å²) < 4.78 is 35.0. The van der Waals surface area contributed by atoms with Gasteiger partial charge in [-0.15, -0.1) is 0 Å². The second-order valence-electron chi connectivity index (χ2n) is 18.1. The fourth-order valence-corrected chi connectivity index (χ4v) is 9.15. The molecule has 6 aromatic rings. The molecule has 0 aromatic heterocycles. The van der Waals surface area contributed by atoms with Gasteiger partial charge in [-0.1, -0.05) is 113 Å². The Morgan fingerprint density at radius 3 is 0.932 bits per heavy atom. The van der Waals surface area contributed by atoms with E-state index in [4.69, 9.17) is 28.4 Å². The third-order valence-corrected chi connectivity index (χ3v) is 13.1. The molecule has 0 N–H and O–H groups in total. The number of aromatic carboxylic acids is 3. The Bertz CT molecular complexity index is 2570. The van der Waals surface area contributed by atoms with E-state index < -0.39 is 17.9 Å². The molecule has 9 rings (SSSR count). The number of carbonyl (C=O) groups excluding carboxylic acids is 3. The maximum absolute atomic E-state index is 11.8. The summed E-state index contributed by atoms with van der Waals surface area (Å²) in [6, 6.07) is 33.8. The average molecular weight is 1030 g/mol. The summed E-state index contributed by atoms with van der Waals surface area (Å²) in [4.78, 5) is 35.5. The van der Waals surface area contributed by atoms with E-state index in [0.717, 1.165) is 72.5 Å². The van der Waals surface area contributed by atoms with Gasteiger partial charge in [0.2, 0.25) is 0 Å². The maximum Gasteiger partial charge on any atom is 3.00 e. The summed E-state index contributed by atoms with van der Waals surface area (Å²) in [6.45, 7) is 13.7. The third kappa shape index (κ3) is 13.4. The fraction of sp³-hybridized carbons (Fsp3) is 0.350. The predicted octanol–water partition coefficient (Wildman–Crippen LogP) is 10.9. The maximum atomic E-state index is 11.8. The van der Waals surface area contributed by atoms with Crippen LogP contribution >= 0.6 is 0 Å². The Balaban J connectivity index is 0.000000177. The second kappa shape index (κ2) is 26.5. The number of fused-ring (bicyclic) bond motifs is 6. The van der Waals surface area contributed by atoms with Crippen LogP contribution in [-0.4, -0.2) is 37.7 Å². The molecule has 3 atom stereocenters. The minimum atomic E-state index is -1.18. The topological polar surface area (TPSA) is 176 Å². The number of hydrogen-bond acceptors (Lipinski definition) is 12. The van der Waals surface area contributed by atoms with Crippen LogP contribution in [-0.2, 0) is 50.8 Å². The van der Waals surface area contributed by atoms with Crippen LogP contribution in [0.3, 0.4) is 0 Å². The van der Waals surface area contributed by atoms with E-state index in [2.05, 4.69) is 20.8 Å². The number of carboxylic acid groups (broad SMARTS) is 3. The van der Waals surface area contributed by atoms with Gasteiger partial charge >= 0.3 is 17.4 Å². The van der Waals surface area contributed by atoms with E-state index >= 15 is 0 Å². The first-order chi connectivity index (χ1) is 34.8. The van der Waals surface area contributed by atoms with Crippen LogP contribution in [0.15, 0.2) is 109 Å². The molecule has 3 aliphatic rings. The first kappa shape index (κ1) is 55.8. The molecule has 12 nitrogen and oxygen atoms in total. The van der Waals surface area contributed by atoms with Crippen LogP contribution in [0.5, 0.6) is 34.5 Å². The third-order valence-electron chi connectivity index (χ3n) is 13.1. The minimum Gasteiger partial charge on any atom is -0.545 e. The van der Waals surface area contributed by atoms with Gasteiger partial charge in [0.25, 0.3) is 0 Å². The van der Waals surface area contributed by atoms with Crippen molar-refractivity contribution < 1.29 is 75.5 Å². The minimum absolute atomic E-state index is 0. The van der Waals surface area contributed by atoms with Crippen LogP contribution in [0.1, 0.15) is 180 Å². The molecule has 6 aromatic carbocycles. The van der Waals surface area contributed by atoms with Crippen molar-refractivity contribution in [3.8, 4) is 34.5 Å². The van der Waals surface area contributed by atoms with Crippen molar-refractivity contribution in [3.63, 3.8) is 0 Å². The number of ether oxygens (including phenoxy) is 6. The van der Waals surface area contributed by atoms with Crippen molar-refractivity contribution >= 4 is 17.9 Å². The molecule has 1 radical (unpaired) electrons. The monoisotopic (exact) mass is 1030 g/mol. The molecule has 73 heavy (non-hydrogen) atoms. The molecule has 13 heteroatoms. The number of unbranched alkanes of at least 4 members (excludes halogenated alkanes) is 3. The summed E-state index contributed by atoms with van der Waals surface area (Å²) in [7, 11) is 0. The summed E-state index contributed by atoms with van der Waals surface area (Å²) >= 11 is 0. The molecule has 3 unspecified atom stereocenters. The van der Waals surface area contributed by atoms with Crippen LogP contribution in [0.2, 0.25) is 0 Å². The first-order valence-corrected chi connectivity index (χ1v) is 25.1. The molecular formula is C60H63CrO12. The van der Waals surface area contributed by atoms with Gasteiger partial charge in [-0.3, -0.25) is 0 Å². The van der Waals surface area contributed by atoms with E-state index in [0.29, 0.717) is 89.7 Å². The van der Waals surface area contributed by atoms with Crippen LogP contribution < -0.4 is 29.5 Å². The van der Waals surface area contributed by atoms with Crippen molar-refractivity contribution in [2.45, 2.75) is 118 Å². The van der Waals surface area contributed by atoms with Crippen molar-refractivity contribution in [1.29, 1.82) is 0 Å². The van der Waals surface area contributed by atoms with Gasteiger partial charge in [-0.2, -0.15) is 0 Å². The van der Waals surface area contributed by atoms with Crippen LogP contribution in [0.4, 0.5) is 0 Å². The number of carbonyl (C=O) groups is 3. The zero-order chi connectivity index (χ0) is 51.3. The van der Waals surface area contributed by atoms with Gasteiger partial charge in [0.15, 0.2) is 0 Å². The van der Waals surface area contributed by atoms with E-state index in [9.17, 15) is 29.7 Å². The van der Waals surface area contributed by atoms with Crippen LogP contribution in [0.25, 0.3) is 0 Å². The molecule has 381 valence electrons. The zero-order valence-corrected chi connectivity index (χ0v) is 43.7. The first-order valence-electron chi connectivity index (χ1n) is 25.1. The van der Waals surface area contributed by atoms with Crippen molar-refractivity contribution in [3.05, 3.63) is 176 Å². The zero-order valence-electron chi connectivity index (χ0n) is 42.4. The van der Waals surface area contributed by atoms with Gasteiger partial charge in [-0.25, -0.2) is 0 Å². The van der Waals surface area contributed by atoms with Gasteiger partial charge in [0.05, 0.1) is 36.2 Å². The summed E-state index contributed by atoms with van der Waals surface area (Å²) in [5, 5.41) is 35.5. The summed E-state index contributed by atoms with van der Waals surface area (Å²) in [5.41, 5.74) is 7.46. The average Bonchev–Trinajstić information content (AvgIpc) is 3.38. The molecule has 0 spiro atoms. The van der Waals surface area contributed by atoms with Crippen molar-refractivity contribution in [2.24, 2.45) is 0 Å². The Hall–Kier alpha value is -6.46. The van der Waals surface area contributed by atoms with E-state index in [1.54, 1.807) is 18.2 Å².